The van der Waals surface area contributed by atoms with Gasteiger partial charge >= 0.3 is 5.97 Å². The van der Waals surface area contributed by atoms with Crippen molar-refractivity contribution in [3.63, 3.8) is 0 Å². The van der Waals surface area contributed by atoms with Crippen LogP contribution in [0, 0.1) is 11.8 Å². The molecule has 8 nitrogen and oxygen atoms in total. The highest BCUT2D eigenvalue weighted by Gasteiger charge is 2.32. The lowest BCUT2D eigenvalue weighted by Crippen LogP contribution is -2.45. The van der Waals surface area contributed by atoms with Crippen LogP contribution in [0.4, 0.5) is 0 Å². The third-order valence-electron chi connectivity index (χ3n) is 5.91. The molecule has 35 heavy (non-hydrogen) atoms. The minimum Gasteiger partial charge on any atom is -0.503 e. The number of carbonyl (C=O) groups is 2. The molecular weight excluding hydrogens is 448 g/mol. The van der Waals surface area contributed by atoms with Crippen molar-refractivity contribution in [1.29, 1.82) is 0 Å². The number of esters is 1. The molecule has 0 saturated carbocycles. The summed E-state index contributed by atoms with van der Waals surface area (Å²) in [5.41, 5.74) is -0.234. The zero-order valence-electron chi connectivity index (χ0n) is 21.5. The van der Waals surface area contributed by atoms with Gasteiger partial charge in [0.2, 0.25) is 0 Å². The number of nitrogens with one attached hydrogen (secondary N) is 1. The Morgan fingerprint density at radius 3 is 2.34 bits per heavy atom. The van der Waals surface area contributed by atoms with Gasteiger partial charge in [-0.25, -0.2) is 9.78 Å². The highest BCUT2D eigenvalue weighted by molar-refractivity contribution is 5.97. The van der Waals surface area contributed by atoms with Gasteiger partial charge in [0.25, 0.3) is 5.91 Å². The molecule has 0 radical (unpaired) electrons. The molecule has 2 aromatic rings. The number of ether oxygens (including phenoxy) is 3. The summed E-state index contributed by atoms with van der Waals surface area (Å²) in [6.07, 6.45) is 3.29. The number of para-hydroxylation sites is 1. The molecule has 1 amide bonds. The summed E-state index contributed by atoms with van der Waals surface area (Å²) >= 11 is 0. The minimum absolute atomic E-state index is 0.113. The first-order valence-electron chi connectivity index (χ1n) is 12.1. The summed E-state index contributed by atoms with van der Waals surface area (Å²) in [5.74, 6) is -0.146. The normalized spacial score (nSPS) is 14.5. The fourth-order valence-corrected chi connectivity index (χ4v) is 3.82. The molecule has 2 rings (SSSR count). The van der Waals surface area contributed by atoms with Crippen LogP contribution in [0.5, 0.6) is 17.2 Å². The first-order valence-corrected chi connectivity index (χ1v) is 12.1. The number of methoxy groups -OCH3 is 1. The highest BCUT2D eigenvalue weighted by Crippen LogP contribution is 2.28. The van der Waals surface area contributed by atoms with E-state index in [2.05, 4.69) is 31.1 Å². The molecule has 1 aromatic carbocycles. The van der Waals surface area contributed by atoms with E-state index >= 15 is 0 Å². The fraction of sp³-hybridized carbons (Fsp3) is 0.519. The van der Waals surface area contributed by atoms with E-state index in [0.717, 1.165) is 19.3 Å². The van der Waals surface area contributed by atoms with Crippen molar-refractivity contribution in [3.05, 3.63) is 48.3 Å². The second-order valence-corrected chi connectivity index (χ2v) is 9.08. The Balaban J connectivity index is 2.11. The standard InChI is InChI=1S/C27H38N2O6/c1-7-20(14-13-17(2)3)25(35-21-11-9-8-10-12-21)19(5)34-27(32)18(4)29-26(31)23-24(30)22(33-6)15-16-28-23/h8-12,15-20,25,30H,7,13-14H2,1-6H3,(H,29,31)/t18-,19-,20-,25+/m0/s1. The van der Waals surface area contributed by atoms with Crippen molar-refractivity contribution in [2.75, 3.05) is 7.11 Å². The Labute approximate surface area is 208 Å². The van der Waals surface area contributed by atoms with Crippen LogP contribution in [0.3, 0.4) is 0 Å². The van der Waals surface area contributed by atoms with E-state index in [9.17, 15) is 14.7 Å². The van der Waals surface area contributed by atoms with Gasteiger partial charge in [0, 0.05) is 12.3 Å². The Kier molecular flexibility index (Phi) is 10.8. The summed E-state index contributed by atoms with van der Waals surface area (Å²) < 4.78 is 17.1. The Bertz CT molecular complexity index is 950. The Hall–Kier alpha value is -3.29. The SMILES string of the molecule is CC[C@@H](CCC(C)C)[C@H](Oc1ccccc1)[C@H](C)OC(=O)[C@H](C)NC(=O)c1nccc(OC)c1O. The molecule has 0 aliphatic heterocycles. The zero-order chi connectivity index (χ0) is 26.0. The number of carbonyl (C=O) groups excluding carboxylic acids is 2. The average molecular weight is 487 g/mol. The van der Waals surface area contributed by atoms with Crippen LogP contribution in [0.1, 0.15) is 64.4 Å². The molecule has 1 aromatic heterocycles. The molecular formula is C27H38N2O6. The second-order valence-electron chi connectivity index (χ2n) is 9.08. The number of pyridine rings is 1. The highest BCUT2D eigenvalue weighted by atomic mass is 16.6. The van der Waals surface area contributed by atoms with Gasteiger partial charge in [-0.3, -0.25) is 4.79 Å². The molecule has 0 unspecified atom stereocenters. The van der Waals surface area contributed by atoms with E-state index < -0.39 is 29.8 Å². The Morgan fingerprint density at radius 1 is 1.06 bits per heavy atom. The molecule has 0 fully saturated rings. The van der Waals surface area contributed by atoms with Gasteiger partial charge in [-0.1, -0.05) is 45.4 Å². The van der Waals surface area contributed by atoms with E-state index in [0.29, 0.717) is 11.7 Å². The van der Waals surface area contributed by atoms with Crippen LogP contribution >= 0.6 is 0 Å². The van der Waals surface area contributed by atoms with Gasteiger partial charge in [0.05, 0.1) is 7.11 Å². The van der Waals surface area contributed by atoms with Crippen LogP contribution in [0.2, 0.25) is 0 Å². The van der Waals surface area contributed by atoms with Gasteiger partial charge in [-0.2, -0.15) is 0 Å². The number of aromatic nitrogens is 1. The molecule has 4 atom stereocenters. The minimum atomic E-state index is -0.967. The van der Waals surface area contributed by atoms with Crippen LogP contribution in [-0.4, -0.2) is 47.3 Å². The summed E-state index contributed by atoms with van der Waals surface area (Å²) in [5, 5.41) is 12.7. The number of hydrogen-bond acceptors (Lipinski definition) is 7. The van der Waals surface area contributed by atoms with Crippen molar-refractivity contribution in [2.45, 2.75) is 72.1 Å². The second kappa shape index (κ2) is 13.6. The number of nitrogens with zero attached hydrogens (tertiary/aromatic N) is 1. The monoisotopic (exact) mass is 486 g/mol. The maximum absolute atomic E-state index is 12.9. The largest absolute Gasteiger partial charge is 0.503 e. The molecule has 192 valence electrons. The van der Waals surface area contributed by atoms with E-state index in [1.807, 2.05) is 37.3 Å². The maximum Gasteiger partial charge on any atom is 0.328 e. The number of aromatic hydroxyl groups is 1. The van der Waals surface area contributed by atoms with Gasteiger partial charge in [-0.15, -0.1) is 0 Å². The fourth-order valence-electron chi connectivity index (χ4n) is 3.82. The maximum atomic E-state index is 12.9. The Morgan fingerprint density at radius 2 is 1.74 bits per heavy atom. The van der Waals surface area contributed by atoms with Crippen LogP contribution in [-0.2, 0) is 9.53 Å². The molecule has 0 spiro atoms. The lowest BCUT2D eigenvalue weighted by Gasteiger charge is -2.32. The first kappa shape index (κ1) is 28.0. The predicted octanol–water partition coefficient (Wildman–Crippen LogP) is 4.76. The zero-order valence-corrected chi connectivity index (χ0v) is 21.5. The number of amides is 1. The summed E-state index contributed by atoms with van der Waals surface area (Å²) in [6.45, 7) is 9.81. The van der Waals surface area contributed by atoms with Crippen LogP contribution in [0.25, 0.3) is 0 Å². The molecule has 2 N–H and O–H groups in total. The van der Waals surface area contributed by atoms with Crippen molar-refractivity contribution in [1.82, 2.24) is 10.3 Å². The lowest BCUT2D eigenvalue weighted by atomic mass is 9.88. The third kappa shape index (κ3) is 8.16. The number of hydrogen-bond donors (Lipinski definition) is 2. The van der Waals surface area contributed by atoms with Gasteiger partial charge in [-0.05, 0) is 50.7 Å². The third-order valence-corrected chi connectivity index (χ3v) is 5.91. The van der Waals surface area contributed by atoms with Gasteiger partial charge < -0.3 is 24.6 Å². The van der Waals surface area contributed by atoms with Crippen LogP contribution in [0.15, 0.2) is 42.6 Å². The first-order chi connectivity index (χ1) is 16.7. The molecule has 0 aliphatic carbocycles. The van der Waals surface area contributed by atoms with Crippen molar-refractivity contribution < 1.29 is 28.9 Å². The van der Waals surface area contributed by atoms with E-state index in [1.165, 1.54) is 26.3 Å². The van der Waals surface area contributed by atoms with Crippen LogP contribution < -0.4 is 14.8 Å². The van der Waals surface area contributed by atoms with Gasteiger partial charge in [0.1, 0.15) is 24.0 Å². The van der Waals surface area contributed by atoms with E-state index in [1.54, 1.807) is 0 Å². The average Bonchev–Trinajstić information content (AvgIpc) is 2.84. The van der Waals surface area contributed by atoms with Crippen molar-refractivity contribution in [2.24, 2.45) is 11.8 Å². The predicted molar refractivity (Wildman–Crippen MR) is 134 cm³/mol. The summed E-state index contributed by atoms with van der Waals surface area (Å²) in [6, 6.07) is 9.95. The van der Waals surface area contributed by atoms with Gasteiger partial charge in [0.15, 0.2) is 17.2 Å². The molecule has 8 heteroatoms. The van der Waals surface area contributed by atoms with Crippen molar-refractivity contribution in [3.8, 4) is 17.2 Å². The molecule has 0 saturated heterocycles. The lowest BCUT2D eigenvalue weighted by molar-refractivity contribution is -0.156. The quantitative estimate of drug-likeness (QED) is 0.393. The number of benzene rings is 1. The number of rotatable bonds is 13. The summed E-state index contributed by atoms with van der Waals surface area (Å²) in [4.78, 5) is 29.3. The molecule has 0 bridgehead atoms. The van der Waals surface area contributed by atoms with Crippen molar-refractivity contribution >= 4 is 11.9 Å². The summed E-state index contributed by atoms with van der Waals surface area (Å²) in [7, 11) is 1.37. The topological polar surface area (TPSA) is 107 Å². The van der Waals surface area contributed by atoms with E-state index in [-0.39, 0.29) is 23.5 Å². The molecule has 0 aliphatic rings. The van der Waals surface area contributed by atoms with E-state index in [4.69, 9.17) is 14.2 Å². The molecule has 1 heterocycles. The smallest absolute Gasteiger partial charge is 0.328 e.